The van der Waals surface area contributed by atoms with E-state index in [1.54, 1.807) is 0 Å². The number of likely N-dealkylation sites (tertiary alicyclic amines) is 1. The molecule has 3 heteroatoms. The van der Waals surface area contributed by atoms with Crippen molar-refractivity contribution >= 4 is 0 Å². The molecule has 0 saturated carbocycles. The van der Waals surface area contributed by atoms with E-state index in [1.807, 2.05) is 0 Å². The largest absolute Gasteiger partial charge is 0.362 e. The molecule has 1 fully saturated rings. The molecule has 1 N–H and O–H groups in total. The molecule has 1 heterocycles. The number of hydrogen-bond acceptors (Lipinski definition) is 3. The lowest BCUT2D eigenvalue weighted by molar-refractivity contribution is 0.0999. The summed E-state index contributed by atoms with van der Waals surface area (Å²) in [6, 6.07) is 8.64. The first-order chi connectivity index (χ1) is 9.88. The van der Waals surface area contributed by atoms with Gasteiger partial charge in [-0.2, -0.15) is 0 Å². The number of nitrogens with one attached hydrogen (secondary N) is 1. The van der Waals surface area contributed by atoms with Gasteiger partial charge in [0.15, 0.2) is 0 Å². The van der Waals surface area contributed by atoms with E-state index in [0.29, 0.717) is 13.3 Å². The first-order valence-corrected chi connectivity index (χ1v) is 7.97. The highest BCUT2D eigenvalue weighted by molar-refractivity contribution is 5.22. The van der Waals surface area contributed by atoms with E-state index in [-0.39, 0.29) is 0 Å². The van der Waals surface area contributed by atoms with E-state index >= 15 is 0 Å². The van der Waals surface area contributed by atoms with Gasteiger partial charge in [-0.15, -0.1) is 0 Å². The maximum atomic E-state index is 5.68. The Morgan fingerprint density at radius 1 is 1.15 bits per heavy atom. The van der Waals surface area contributed by atoms with E-state index in [0.717, 1.165) is 19.5 Å². The second kappa shape index (κ2) is 9.11. The number of aryl methyl sites for hydroxylation is 1. The first kappa shape index (κ1) is 15.5. The van der Waals surface area contributed by atoms with E-state index in [1.165, 1.54) is 43.5 Å². The summed E-state index contributed by atoms with van der Waals surface area (Å²) >= 11 is 0. The Kier molecular flexibility index (Phi) is 7.06. The third kappa shape index (κ3) is 5.61. The molecule has 0 unspecified atom stereocenters. The summed E-state index contributed by atoms with van der Waals surface area (Å²) in [6.45, 7) is 8.24. The van der Waals surface area contributed by atoms with E-state index in [9.17, 15) is 0 Å². The first-order valence-electron chi connectivity index (χ1n) is 7.97. The second-order valence-corrected chi connectivity index (χ2v) is 5.57. The predicted molar refractivity (Wildman–Crippen MR) is 83.8 cm³/mol. The van der Waals surface area contributed by atoms with Crippen LogP contribution >= 0.6 is 0 Å². The van der Waals surface area contributed by atoms with Crippen LogP contribution in [0.25, 0.3) is 0 Å². The summed E-state index contributed by atoms with van der Waals surface area (Å²) < 4.78 is 5.68. The van der Waals surface area contributed by atoms with Crippen LogP contribution in [-0.2, 0) is 17.8 Å². The molecule has 0 radical (unpaired) electrons. The number of nitrogens with zero attached hydrogens (tertiary/aromatic N) is 1. The van der Waals surface area contributed by atoms with Gasteiger partial charge in [0.2, 0.25) is 0 Å². The topological polar surface area (TPSA) is 24.5 Å². The lowest BCUT2D eigenvalue weighted by atomic mass is 10.1. The molecule has 0 bridgehead atoms. The molecule has 1 aliphatic heterocycles. The molecular weight excluding hydrogens is 248 g/mol. The van der Waals surface area contributed by atoms with Crippen LogP contribution in [0.4, 0.5) is 0 Å². The van der Waals surface area contributed by atoms with Crippen molar-refractivity contribution in [3.05, 3.63) is 35.4 Å². The van der Waals surface area contributed by atoms with Gasteiger partial charge in [0.1, 0.15) is 0 Å². The molecule has 1 aromatic rings. The maximum absolute atomic E-state index is 5.68. The highest BCUT2D eigenvalue weighted by Gasteiger charge is 2.08. The number of rotatable bonds is 8. The summed E-state index contributed by atoms with van der Waals surface area (Å²) in [5, 5.41) is 3.37. The van der Waals surface area contributed by atoms with Crippen molar-refractivity contribution in [3.63, 3.8) is 0 Å². The molecule has 112 valence electrons. The van der Waals surface area contributed by atoms with E-state index in [4.69, 9.17) is 4.74 Å². The van der Waals surface area contributed by atoms with Gasteiger partial charge >= 0.3 is 0 Å². The summed E-state index contributed by atoms with van der Waals surface area (Å²) in [7, 11) is 0. The Balaban J connectivity index is 1.52. The van der Waals surface area contributed by atoms with Crippen LogP contribution in [0, 0.1) is 0 Å². The third-order valence-electron chi connectivity index (χ3n) is 3.93. The fourth-order valence-corrected chi connectivity index (χ4v) is 2.67. The van der Waals surface area contributed by atoms with Crippen LogP contribution in [0.3, 0.4) is 0 Å². The summed E-state index contributed by atoms with van der Waals surface area (Å²) in [4.78, 5) is 2.54. The van der Waals surface area contributed by atoms with Crippen LogP contribution in [0.5, 0.6) is 0 Å². The molecule has 0 atom stereocenters. The third-order valence-corrected chi connectivity index (χ3v) is 3.93. The van der Waals surface area contributed by atoms with Crippen LogP contribution in [0.2, 0.25) is 0 Å². The average molecular weight is 276 g/mol. The van der Waals surface area contributed by atoms with Gasteiger partial charge in [-0.05, 0) is 43.5 Å². The fraction of sp³-hybridized carbons (Fsp3) is 0.647. The molecule has 0 amide bonds. The smallest absolute Gasteiger partial charge is 0.0970 e. The minimum Gasteiger partial charge on any atom is -0.362 e. The monoisotopic (exact) mass is 276 g/mol. The zero-order valence-electron chi connectivity index (χ0n) is 12.7. The Hall–Kier alpha value is -0.900. The van der Waals surface area contributed by atoms with E-state index in [2.05, 4.69) is 41.4 Å². The number of benzene rings is 1. The van der Waals surface area contributed by atoms with Crippen molar-refractivity contribution in [3.8, 4) is 0 Å². The zero-order chi connectivity index (χ0) is 14.0. The minimum absolute atomic E-state index is 0.643. The van der Waals surface area contributed by atoms with Crippen molar-refractivity contribution in [1.29, 1.82) is 0 Å². The van der Waals surface area contributed by atoms with Crippen LogP contribution in [-0.4, -0.2) is 37.8 Å². The van der Waals surface area contributed by atoms with E-state index < -0.39 is 0 Å². The molecule has 0 spiro atoms. The second-order valence-electron chi connectivity index (χ2n) is 5.57. The summed E-state index contributed by atoms with van der Waals surface area (Å²) in [5.74, 6) is 0. The Labute approximate surface area is 123 Å². The van der Waals surface area contributed by atoms with Crippen LogP contribution in [0.15, 0.2) is 24.3 Å². The molecule has 1 aromatic carbocycles. The lowest BCUT2D eigenvalue weighted by Gasteiger charge is -2.26. The molecule has 0 aliphatic carbocycles. The van der Waals surface area contributed by atoms with Crippen molar-refractivity contribution in [1.82, 2.24) is 10.2 Å². The van der Waals surface area contributed by atoms with Gasteiger partial charge in [-0.1, -0.05) is 37.6 Å². The zero-order valence-corrected chi connectivity index (χ0v) is 12.7. The Bertz CT molecular complexity index is 375. The highest BCUT2D eigenvalue weighted by atomic mass is 16.5. The van der Waals surface area contributed by atoms with Gasteiger partial charge in [0.05, 0.1) is 13.3 Å². The van der Waals surface area contributed by atoms with Gasteiger partial charge in [0.25, 0.3) is 0 Å². The Morgan fingerprint density at radius 2 is 1.95 bits per heavy atom. The van der Waals surface area contributed by atoms with Gasteiger partial charge in [0, 0.05) is 13.1 Å². The molecule has 1 aliphatic rings. The van der Waals surface area contributed by atoms with Crippen molar-refractivity contribution in [2.45, 2.75) is 39.2 Å². The number of hydrogen-bond donors (Lipinski definition) is 1. The van der Waals surface area contributed by atoms with Gasteiger partial charge in [-0.25, -0.2) is 0 Å². The Morgan fingerprint density at radius 3 is 2.75 bits per heavy atom. The molecule has 2 rings (SSSR count). The average Bonchev–Trinajstić information content (AvgIpc) is 2.52. The summed E-state index contributed by atoms with van der Waals surface area (Å²) in [5.41, 5.74) is 2.64. The lowest BCUT2D eigenvalue weighted by Crippen LogP contribution is -2.36. The van der Waals surface area contributed by atoms with Crippen molar-refractivity contribution in [2.24, 2.45) is 0 Å². The standard InChI is InChI=1S/C17H28N2O/c1-2-16-7-6-8-17(13-16)14-20-15-18-9-12-19-10-4-3-5-11-19/h6-8,13,18H,2-5,9-12,14-15H2,1H3. The highest BCUT2D eigenvalue weighted by Crippen LogP contribution is 2.08. The van der Waals surface area contributed by atoms with Crippen molar-refractivity contribution < 1.29 is 4.74 Å². The molecule has 20 heavy (non-hydrogen) atoms. The summed E-state index contributed by atoms with van der Waals surface area (Å²) in [6.07, 6.45) is 5.22. The van der Waals surface area contributed by atoms with Crippen molar-refractivity contribution in [2.75, 3.05) is 32.9 Å². The maximum Gasteiger partial charge on any atom is 0.0970 e. The minimum atomic E-state index is 0.643. The normalized spacial score (nSPS) is 16.4. The van der Waals surface area contributed by atoms with Crippen LogP contribution in [0.1, 0.15) is 37.3 Å². The number of ether oxygens (including phenoxy) is 1. The predicted octanol–water partition coefficient (Wildman–Crippen LogP) is 2.80. The number of piperidine rings is 1. The molecular formula is C17H28N2O. The SMILES string of the molecule is CCc1cccc(COCNCCN2CCCCC2)c1. The van der Waals surface area contributed by atoms with Gasteiger partial charge < -0.3 is 9.64 Å². The van der Waals surface area contributed by atoms with Crippen LogP contribution < -0.4 is 5.32 Å². The molecule has 0 aromatic heterocycles. The van der Waals surface area contributed by atoms with Gasteiger partial charge in [-0.3, -0.25) is 5.32 Å². The quantitative estimate of drug-likeness (QED) is 0.584. The fourth-order valence-electron chi connectivity index (χ4n) is 2.67. The molecule has 3 nitrogen and oxygen atoms in total. The molecule has 1 saturated heterocycles.